The van der Waals surface area contributed by atoms with Crippen molar-refractivity contribution in [1.82, 2.24) is 35.0 Å². The van der Waals surface area contributed by atoms with Crippen molar-refractivity contribution < 1.29 is 19.0 Å². The van der Waals surface area contributed by atoms with E-state index in [1.165, 1.54) is 10.4 Å². The summed E-state index contributed by atoms with van der Waals surface area (Å²) in [4.78, 5) is 22.7. The highest BCUT2D eigenvalue weighted by Gasteiger charge is 2.64. The average Bonchev–Trinajstić information content (AvgIpc) is 3.99. The van der Waals surface area contributed by atoms with Crippen LogP contribution in [0, 0.1) is 48.3 Å². The Balaban J connectivity index is 0.737. The quantitative estimate of drug-likeness (QED) is 0.118. The van der Waals surface area contributed by atoms with Gasteiger partial charge in [-0.2, -0.15) is 5.26 Å². The Morgan fingerprint density at radius 3 is 2.34 bits per heavy atom. The molecule has 336 valence electrons. The van der Waals surface area contributed by atoms with Gasteiger partial charge in [0.05, 0.1) is 35.0 Å². The third-order valence-corrected chi connectivity index (χ3v) is 15.9. The first-order valence-corrected chi connectivity index (χ1v) is 23.5. The second-order valence-electron chi connectivity index (χ2n) is 19.4. The molecule has 0 bridgehead atoms. The van der Waals surface area contributed by atoms with Crippen molar-refractivity contribution >= 4 is 34.6 Å². The molecule has 1 unspecified atom stereocenters. The van der Waals surface area contributed by atoms with Crippen LogP contribution < -0.4 is 19.7 Å². The predicted octanol–water partition coefficient (Wildman–Crippen LogP) is 8.98. The van der Waals surface area contributed by atoms with Crippen LogP contribution in [0.5, 0.6) is 11.5 Å². The molecule has 4 aliphatic rings. The number of ether oxygens (including phenoxy) is 2. The average molecular weight is 914 g/mol. The van der Waals surface area contributed by atoms with Crippen LogP contribution in [0.25, 0.3) is 5.00 Å². The van der Waals surface area contributed by atoms with E-state index in [-0.39, 0.29) is 40.5 Å². The molecule has 6 aromatic rings. The number of hydrogen-bond acceptors (Lipinski definition) is 14. The fraction of sp³-hybridized carbons (Fsp3) is 0.449. The summed E-state index contributed by atoms with van der Waals surface area (Å²) >= 11 is 8.02. The lowest BCUT2D eigenvalue weighted by atomic mass is 9.49. The van der Waals surface area contributed by atoms with Gasteiger partial charge in [0.15, 0.2) is 11.7 Å². The van der Waals surface area contributed by atoms with Crippen molar-refractivity contribution in [2.45, 2.75) is 111 Å². The van der Waals surface area contributed by atoms with Gasteiger partial charge in [0, 0.05) is 70.0 Å². The molecular weight excluding hydrogens is 860 g/mol. The molecule has 2 atom stereocenters. The molecule has 3 fully saturated rings. The third kappa shape index (κ3) is 7.67. The maximum Gasteiger partial charge on any atom is 0.225 e. The monoisotopic (exact) mass is 912 g/mol. The Hall–Kier alpha value is -5.66. The zero-order valence-electron chi connectivity index (χ0n) is 37.7. The molecule has 10 rings (SSSR count). The standard InChI is InChI=1S/C49H53ClN10O4S/c1-27-28(2)65-43-39(27)40(55-37(21-38-52-16-19-62-38)41-58-57-29(3)60(41)43)30-8-11-33(12-9-30)63-35-22-49(23-35)14-17-59(18-15-49)46-53-25-32(26-54-46)42(61)56-44-47(4,5)45(48(44,6)7)64-34-13-10-31(24-51)36(50)20-34/h8-13,16,19-20,25-26,35,37,42,44-45,56,61H,14-15,17-18,21-23H2,1-7H3/t37-,42?,44?,45?/m0/s1. The van der Waals surface area contributed by atoms with Gasteiger partial charge in [-0.15, -0.1) is 21.5 Å². The van der Waals surface area contributed by atoms with Crippen molar-refractivity contribution in [1.29, 1.82) is 5.26 Å². The second kappa shape index (κ2) is 16.3. The van der Waals surface area contributed by atoms with E-state index in [4.69, 9.17) is 40.5 Å². The van der Waals surface area contributed by atoms with Gasteiger partial charge in [0.2, 0.25) is 5.95 Å². The normalized spacial score (nSPS) is 22.1. The number of aliphatic imine (C=N–C) groups is 1. The topological polar surface area (TPSA) is 173 Å². The molecule has 2 aliphatic carbocycles. The number of nitriles is 1. The SMILES string of the molecule is Cc1sc2c(c1C)C(c1ccc(OC3CC4(CCN(c5ncc(C(O)NC6C(C)(C)C(Oc7ccc(C#N)c(Cl)c7)C6(C)C)cn5)CC4)C3)cc1)=N[C@@H](Cc1ncco1)c1nnc(C)n1-2. The van der Waals surface area contributed by atoms with Gasteiger partial charge in [-0.1, -0.05) is 39.3 Å². The van der Waals surface area contributed by atoms with Crippen molar-refractivity contribution in [3.8, 4) is 22.6 Å². The third-order valence-electron chi connectivity index (χ3n) is 14.4. The number of nitrogens with zero attached hydrogens (tertiary/aromatic N) is 9. The summed E-state index contributed by atoms with van der Waals surface area (Å²) < 4.78 is 20.8. The minimum atomic E-state index is -0.950. The van der Waals surface area contributed by atoms with Crippen LogP contribution in [0.3, 0.4) is 0 Å². The molecule has 16 heteroatoms. The van der Waals surface area contributed by atoms with Gasteiger partial charge in [-0.3, -0.25) is 14.9 Å². The predicted molar refractivity (Wildman–Crippen MR) is 248 cm³/mol. The Labute approximate surface area is 387 Å². The van der Waals surface area contributed by atoms with Crippen LogP contribution in [0.15, 0.2) is 76.7 Å². The second-order valence-corrected chi connectivity index (χ2v) is 21.0. The fourth-order valence-electron chi connectivity index (χ4n) is 11.0. The van der Waals surface area contributed by atoms with Gasteiger partial charge >= 0.3 is 0 Å². The number of rotatable bonds is 11. The Morgan fingerprint density at radius 2 is 1.68 bits per heavy atom. The molecule has 65 heavy (non-hydrogen) atoms. The molecule has 2 N–H and O–H groups in total. The lowest BCUT2D eigenvalue weighted by Crippen LogP contribution is -2.74. The van der Waals surface area contributed by atoms with E-state index in [0.29, 0.717) is 40.2 Å². The molecule has 6 heterocycles. The minimum Gasteiger partial charge on any atom is -0.490 e. The molecule has 1 spiro atoms. The van der Waals surface area contributed by atoms with E-state index < -0.39 is 6.23 Å². The molecular formula is C49H53ClN10O4S. The van der Waals surface area contributed by atoms with E-state index >= 15 is 0 Å². The highest BCUT2D eigenvalue weighted by molar-refractivity contribution is 7.15. The van der Waals surface area contributed by atoms with Crippen LogP contribution in [0.2, 0.25) is 5.02 Å². The van der Waals surface area contributed by atoms with Crippen LogP contribution >= 0.6 is 22.9 Å². The number of piperidine rings is 1. The van der Waals surface area contributed by atoms with Gasteiger partial charge in [0.1, 0.15) is 53.0 Å². The Kier molecular flexibility index (Phi) is 10.9. The smallest absolute Gasteiger partial charge is 0.225 e. The minimum absolute atomic E-state index is 0.0684. The van der Waals surface area contributed by atoms with Crippen LogP contribution in [0.1, 0.15) is 116 Å². The van der Waals surface area contributed by atoms with Crippen molar-refractivity contribution in [3.05, 3.63) is 123 Å². The highest BCUT2D eigenvalue weighted by atomic mass is 35.5. The first-order valence-electron chi connectivity index (χ1n) is 22.3. The number of hydrogen-bond donors (Lipinski definition) is 2. The van der Waals surface area contributed by atoms with Crippen LogP contribution in [0.4, 0.5) is 5.95 Å². The van der Waals surface area contributed by atoms with Crippen LogP contribution in [-0.2, 0) is 6.42 Å². The first-order chi connectivity index (χ1) is 31.1. The number of fused-ring (bicyclic) bond motifs is 3. The molecule has 1 saturated heterocycles. The van der Waals surface area contributed by atoms with E-state index in [0.717, 1.165) is 78.0 Å². The van der Waals surface area contributed by atoms with E-state index in [1.54, 1.807) is 54.4 Å². The number of benzene rings is 2. The van der Waals surface area contributed by atoms with Crippen molar-refractivity contribution in [2.24, 2.45) is 21.2 Å². The number of aryl methyl sites for hydroxylation is 2. The lowest BCUT2D eigenvalue weighted by molar-refractivity contribution is -0.179. The number of oxazole rings is 1. The molecule has 2 saturated carbocycles. The molecule has 14 nitrogen and oxygen atoms in total. The van der Waals surface area contributed by atoms with Gasteiger partial charge in [-0.05, 0) is 93.8 Å². The number of halogens is 1. The summed E-state index contributed by atoms with van der Waals surface area (Å²) in [5.41, 5.74) is 4.89. The summed E-state index contributed by atoms with van der Waals surface area (Å²) in [6.45, 7) is 16.5. The molecule has 2 aromatic carbocycles. The summed E-state index contributed by atoms with van der Waals surface area (Å²) in [7, 11) is 0. The maximum absolute atomic E-state index is 11.3. The largest absolute Gasteiger partial charge is 0.490 e. The number of anilines is 1. The van der Waals surface area contributed by atoms with E-state index in [9.17, 15) is 10.4 Å². The fourth-order valence-corrected chi connectivity index (χ4v) is 12.5. The number of nitrogens with one attached hydrogen (secondary N) is 1. The first kappa shape index (κ1) is 43.2. The number of aliphatic hydroxyl groups is 1. The maximum atomic E-state index is 11.3. The summed E-state index contributed by atoms with van der Waals surface area (Å²) in [6.07, 6.45) is 10.4. The zero-order chi connectivity index (χ0) is 45.4. The number of aliphatic hydroxyl groups excluding tert-OH is 1. The number of aromatic nitrogens is 6. The van der Waals surface area contributed by atoms with Crippen molar-refractivity contribution in [2.75, 3.05) is 18.0 Å². The van der Waals surface area contributed by atoms with Crippen LogP contribution in [-0.4, -0.2) is 71.9 Å². The van der Waals surface area contributed by atoms with E-state index in [1.807, 2.05) is 6.92 Å². The zero-order valence-corrected chi connectivity index (χ0v) is 39.2. The summed E-state index contributed by atoms with van der Waals surface area (Å²) in [5, 5.41) is 34.5. The van der Waals surface area contributed by atoms with Gasteiger partial charge < -0.3 is 23.9 Å². The van der Waals surface area contributed by atoms with Gasteiger partial charge in [0.25, 0.3) is 0 Å². The summed E-state index contributed by atoms with van der Waals surface area (Å²) in [5.74, 6) is 4.37. The molecule has 2 aliphatic heterocycles. The Morgan fingerprint density at radius 1 is 0.969 bits per heavy atom. The molecule has 0 radical (unpaired) electrons. The molecule has 4 aromatic heterocycles. The summed E-state index contributed by atoms with van der Waals surface area (Å²) in [6, 6.07) is 15.2. The van der Waals surface area contributed by atoms with E-state index in [2.05, 4.69) is 102 Å². The van der Waals surface area contributed by atoms with Gasteiger partial charge in [-0.25, -0.2) is 15.0 Å². The molecule has 0 amide bonds. The van der Waals surface area contributed by atoms with Crippen molar-refractivity contribution in [3.63, 3.8) is 0 Å². The Bertz CT molecular complexity index is 2780. The lowest BCUT2D eigenvalue weighted by Gasteiger charge is -2.63. The number of thiophene rings is 1. The highest BCUT2D eigenvalue weighted by Crippen LogP contribution is 2.56.